The molecule has 102 valence electrons. The van der Waals surface area contributed by atoms with Crippen molar-refractivity contribution in [2.45, 2.75) is 51.0 Å². The van der Waals surface area contributed by atoms with Gasteiger partial charge in [-0.25, -0.2) is 0 Å². The van der Waals surface area contributed by atoms with E-state index in [0.29, 0.717) is 12.3 Å². The fourth-order valence-corrected chi connectivity index (χ4v) is 3.63. The van der Waals surface area contributed by atoms with E-state index in [1.807, 2.05) is 18.2 Å². The third-order valence-electron chi connectivity index (χ3n) is 4.33. The lowest BCUT2D eigenvalue weighted by Crippen LogP contribution is -2.33. The number of halogens is 1. The van der Waals surface area contributed by atoms with Crippen LogP contribution in [0.3, 0.4) is 0 Å². The summed E-state index contributed by atoms with van der Waals surface area (Å²) >= 11 is 3.41. The normalized spacial score (nSPS) is 24.5. The first-order valence-electron chi connectivity index (χ1n) is 7.23. The lowest BCUT2D eigenvalue weighted by molar-refractivity contribution is 0.0702. The highest BCUT2D eigenvalue weighted by atomic mass is 79.9. The molecule has 1 fully saturated rings. The van der Waals surface area contributed by atoms with Crippen LogP contribution in [0.25, 0.3) is 0 Å². The molecule has 1 aromatic carbocycles. The Morgan fingerprint density at radius 3 is 2.58 bits per heavy atom. The van der Waals surface area contributed by atoms with Crippen LogP contribution in [0.15, 0.2) is 22.7 Å². The van der Waals surface area contributed by atoms with Crippen molar-refractivity contribution in [2.75, 3.05) is 0 Å². The summed E-state index contributed by atoms with van der Waals surface area (Å²) in [6.07, 6.45) is 8.31. The SMILES string of the molecule is O=C1CC(C2CCCCCC2)Oc2ccc(Br)cc21. The molecule has 1 aliphatic carbocycles. The highest BCUT2D eigenvalue weighted by Gasteiger charge is 2.32. The molecule has 0 bridgehead atoms. The summed E-state index contributed by atoms with van der Waals surface area (Å²) < 4.78 is 7.05. The number of ketones is 1. The first kappa shape index (κ1) is 13.2. The highest BCUT2D eigenvalue weighted by Crippen LogP contribution is 2.36. The number of benzene rings is 1. The topological polar surface area (TPSA) is 26.3 Å². The fraction of sp³-hybridized carbons (Fsp3) is 0.562. The van der Waals surface area contributed by atoms with Gasteiger partial charge in [0.1, 0.15) is 11.9 Å². The smallest absolute Gasteiger partial charge is 0.170 e. The van der Waals surface area contributed by atoms with E-state index in [9.17, 15) is 4.79 Å². The molecular formula is C16H19BrO2. The van der Waals surface area contributed by atoms with E-state index in [-0.39, 0.29) is 11.9 Å². The largest absolute Gasteiger partial charge is 0.489 e. The van der Waals surface area contributed by atoms with Crippen LogP contribution in [0.2, 0.25) is 0 Å². The van der Waals surface area contributed by atoms with E-state index in [1.165, 1.54) is 38.5 Å². The summed E-state index contributed by atoms with van der Waals surface area (Å²) in [6, 6.07) is 5.74. The summed E-state index contributed by atoms with van der Waals surface area (Å²) in [5.41, 5.74) is 0.735. The van der Waals surface area contributed by atoms with Crippen molar-refractivity contribution in [2.24, 2.45) is 5.92 Å². The lowest BCUT2D eigenvalue weighted by Gasteiger charge is -2.31. The number of rotatable bonds is 1. The second-order valence-electron chi connectivity index (χ2n) is 5.68. The summed E-state index contributed by atoms with van der Waals surface area (Å²) in [4.78, 5) is 12.3. The summed E-state index contributed by atoms with van der Waals surface area (Å²) in [5.74, 6) is 1.56. The minimum atomic E-state index is 0.0966. The second-order valence-corrected chi connectivity index (χ2v) is 6.59. The van der Waals surface area contributed by atoms with Gasteiger partial charge in [0.05, 0.1) is 5.56 Å². The third-order valence-corrected chi connectivity index (χ3v) is 4.83. The van der Waals surface area contributed by atoms with Gasteiger partial charge in [-0.3, -0.25) is 4.79 Å². The number of Topliss-reactive ketones (excluding diaryl/α,β-unsaturated/α-hetero) is 1. The monoisotopic (exact) mass is 322 g/mol. The van der Waals surface area contributed by atoms with Gasteiger partial charge in [0.2, 0.25) is 0 Å². The molecule has 2 nitrogen and oxygen atoms in total. The van der Waals surface area contributed by atoms with E-state index >= 15 is 0 Å². The van der Waals surface area contributed by atoms with Gasteiger partial charge in [0.15, 0.2) is 5.78 Å². The first-order valence-corrected chi connectivity index (χ1v) is 8.03. The number of hydrogen-bond donors (Lipinski definition) is 0. The molecule has 1 aromatic rings. The Balaban J connectivity index is 1.80. The van der Waals surface area contributed by atoms with Gasteiger partial charge in [-0.05, 0) is 37.0 Å². The number of ether oxygens (including phenoxy) is 1. The Kier molecular flexibility index (Phi) is 3.92. The predicted molar refractivity (Wildman–Crippen MR) is 78.7 cm³/mol. The van der Waals surface area contributed by atoms with Crippen molar-refractivity contribution < 1.29 is 9.53 Å². The van der Waals surface area contributed by atoms with Gasteiger partial charge in [0.25, 0.3) is 0 Å². The molecule has 1 unspecified atom stereocenters. The van der Waals surface area contributed by atoms with E-state index in [0.717, 1.165) is 15.8 Å². The number of carbonyl (C=O) groups excluding carboxylic acids is 1. The Morgan fingerprint density at radius 1 is 1.11 bits per heavy atom. The van der Waals surface area contributed by atoms with Gasteiger partial charge < -0.3 is 4.74 Å². The van der Waals surface area contributed by atoms with Crippen molar-refractivity contribution in [3.8, 4) is 5.75 Å². The Bertz CT molecular complexity index is 476. The zero-order valence-electron chi connectivity index (χ0n) is 11.0. The molecular weight excluding hydrogens is 304 g/mol. The Morgan fingerprint density at radius 2 is 1.84 bits per heavy atom. The van der Waals surface area contributed by atoms with Crippen LogP contribution < -0.4 is 4.74 Å². The molecule has 1 saturated carbocycles. The van der Waals surface area contributed by atoms with Gasteiger partial charge >= 0.3 is 0 Å². The van der Waals surface area contributed by atoms with E-state index in [4.69, 9.17) is 4.74 Å². The lowest BCUT2D eigenvalue weighted by atomic mass is 9.87. The molecule has 0 aromatic heterocycles. The van der Waals surface area contributed by atoms with Crippen molar-refractivity contribution in [1.29, 1.82) is 0 Å². The van der Waals surface area contributed by atoms with Crippen LogP contribution in [0.4, 0.5) is 0 Å². The quantitative estimate of drug-likeness (QED) is 0.697. The van der Waals surface area contributed by atoms with E-state index < -0.39 is 0 Å². The van der Waals surface area contributed by atoms with Crippen molar-refractivity contribution in [3.63, 3.8) is 0 Å². The molecule has 19 heavy (non-hydrogen) atoms. The molecule has 0 spiro atoms. The van der Waals surface area contributed by atoms with Crippen LogP contribution in [0, 0.1) is 5.92 Å². The van der Waals surface area contributed by atoms with Crippen LogP contribution in [0.1, 0.15) is 55.3 Å². The molecule has 3 heteroatoms. The molecule has 3 rings (SSSR count). The summed E-state index contributed by atoms with van der Waals surface area (Å²) in [7, 11) is 0. The van der Waals surface area contributed by atoms with Crippen molar-refractivity contribution in [1.82, 2.24) is 0 Å². The van der Waals surface area contributed by atoms with Crippen molar-refractivity contribution in [3.05, 3.63) is 28.2 Å². The standard InChI is InChI=1S/C16H19BrO2/c17-12-7-8-15-13(9-12)14(18)10-16(19-15)11-5-3-1-2-4-6-11/h7-9,11,16H,1-6,10H2. The van der Waals surface area contributed by atoms with Crippen molar-refractivity contribution >= 4 is 21.7 Å². The second kappa shape index (κ2) is 5.66. The highest BCUT2D eigenvalue weighted by molar-refractivity contribution is 9.10. The van der Waals surface area contributed by atoms with Gasteiger partial charge in [-0.2, -0.15) is 0 Å². The Hall–Kier alpha value is -0.830. The van der Waals surface area contributed by atoms with Gasteiger partial charge in [-0.1, -0.05) is 41.6 Å². The predicted octanol–water partition coefficient (Wildman–Crippen LogP) is 4.75. The molecule has 0 radical (unpaired) electrons. The maximum Gasteiger partial charge on any atom is 0.170 e. The molecule has 0 amide bonds. The molecule has 1 heterocycles. The van der Waals surface area contributed by atoms with Crippen LogP contribution in [-0.2, 0) is 0 Å². The number of fused-ring (bicyclic) bond motifs is 1. The van der Waals surface area contributed by atoms with Gasteiger partial charge in [0, 0.05) is 10.9 Å². The third kappa shape index (κ3) is 2.86. The molecule has 0 saturated heterocycles. The fourth-order valence-electron chi connectivity index (χ4n) is 3.27. The average Bonchev–Trinajstić information content (AvgIpc) is 2.68. The van der Waals surface area contributed by atoms with Gasteiger partial charge in [-0.15, -0.1) is 0 Å². The zero-order chi connectivity index (χ0) is 13.2. The van der Waals surface area contributed by atoms with Crippen LogP contribution in [0.5, 0.6) is 5.75 Å². The van der Waals surface area contributed by atoms with E-state index in [1.54, 1.807) is 0 Å². The Labute approximate surface area is 122 Å². The molecule has 1 aliphatic heterocycles. The molecule has 2 aliphatic rings. The minimum Gasteiger partial charge on any atom is -0.489 e. The summed E-state index contributed by atoms with van der Waals surface area (Å²) in [6.45, 7) is 0. The van der Waals surface area contributed by atoms with Crippen LogP contribution >= 0.6 is 15.9 Å². The first-order chi connectivity index (χ1) is 9.24. The minimum absolute atomic E-state index is 0.0966. The number of hydrogen-bond acceptors (Lipinski definition) is 2. The van der Waals surface area contributed by atoms with Crippen LogP contribution in [-0.4, -0.2) is 11.9 Å². The van der Waals surface area contributed by atoms with E-state index in [2.05, 4.69) is 15.9 Å². The summed E-state index contributed by atoms with van der Waals surface area (Å²) in [5, 5.41) is 0. The average molecular weight is 323 g/mol. The maximum atomic E-state index is 12.3. The molecule has 1 atom stereocenters. The molecule has 0 N–H and O–H groups in total. The maximum absolute atomic E-state index is 12.3. The number of carbonyl (C=O) groups is 1. The zero-order valence-corrected chi connectivity index (χ0v) is 12.6.